The maximum absolute atomic E-state index is 5.78. The number of aromatic amines is 1. The van der Waals surface area contributed by atoms with E-state index in [0.717, 1.165) is 26.8 Å². The molecule has 86 valence electrons. The van der Waals surface area contributed by atoms with Crippen molar-refractivity contribution in [2.75, 3.05) is 5.73 Å². The van der Waals surface area contributed by atoms with E-state index in [4.69, 9.17) is 5.73 Å². The molecule has 0 atom stereocenters. The summed E-state index contributed by atoms with van der Waals surface area (Å²) in [5, 5.41) is 5.51. The number of hydrogen-bond donors (Lipinski definition) is 2. The van der Waals surface area contributed by atoms with Crippen molar-refractivity contribution in [1.29, 1.82) is 0 Å². The van der Waals surface area contributed by atoms with Crippen LogP contribution in [0.25, 0.3) is 22.3 Å². The van der Waals surface area contributed by atoms with Crippen LogP contribution in [0.5, 0.6) is 0 Å². The number of hydrogen-bond acceptors (Lipinski definition) is 2. The van der Waals surface area contributed by atoms with Crippen LogP contribution in [0.15, 0.2) is 34.8 Å². The third kappa shape index (κ3) is 1.72. The van der Waals surface area contributed by atoms with Gasteiger partial charge in [0.25, 0.3) is 0 Å². The van der Waals surface area contributed by atoms with Crippen LogP contribution in [0.3, 0.4) is 0 Å². The van der Waals surface area contributed by atoms with E-state index in [1.807, 2.05) is 25.2 Å². The lowest BCUT2D eigenvalue weighted by Crippen LogP contribution is -1.96. The minimum Gasteiger partial charge on any atom is -0.384 e. The largest absolute Gasteiger partial charge is 0.384 e. The van der Waals surface area contributed by atoms with Crippen molar-refractivity contribution < 1.29 is 0 Å². The number of rotatable bonds is 1. The molecule has 0 radical (unpaired) electrons. The molecule has 0 fully saturated rings. The van der Waals surface area contributed by atoms with Gasteiger partial charge in [-0.2, -0.15) is 5.10 Å². The van der Waals surface area contributed by atoms with Gasteiger partial charge < -0.3 is 10.7 Å². The van der Waals surface area contributed by atoms with Gasteiger partial charge in [0, 0.05) is 28.5 Å². The van der Waals surface area contributed by atoms with Gasteiger partial charge in [-0.3, -0.25) is 4.68 Å². The van der Waals surface area contributed by atoms with Gasteiger partial charge in [-0.25, -0.2) is 0 Å². The molecular weight excluding hydrogens is 280 g/mol. The summed E-state index contributed by atoms with van der Waals surface area (Å²) in [5.41, 5.74) is 8.69. The molecule has 0 saturated heterocycles. The van der Waals surface area contributed by atoms with Crippen LogP contribution in [0.2, 0.25) is 0 Å². The Hall–Kier alpha value is -1.75. The fourth-order valence-electron chi connectivity index (χ4n) is 1.85. The van der Waals surface area contributed by atoms with Gasteiger partial charge in [-0.05, 0) is 18.2 Å². The number of nitrogens with zero attached hydrogens (tertiary/aromatic N) is 2. The van der Waals surface area contributed by atoms with Gasteiger partial charge in [0.15, 0.2) is 0 Å². The van der Waals surface area contributed by atoms with Gasteiger partial charge >= 0.3 is 0 Å². The van der Waals surface area contributed by atoms with Gasteiger partial charge in [-0.15, -0.1) is 0 Å². The summed E-state index contributed by atoms with van der Waals surface area (Å²) < 4.78 is 2.72. The first-order valence-corrected chi connectivity index (χ1v) is 6.01. The SMILES string of the molecule is Cn1nc(-c2cc3ccc(Br)cc3[nH]2)cc1N. The van der Waals surface area contributed by atoms with E-state index in [-0.39, 0.29) is 0 Å². The van der Waals surface area contributed by atoms with Crippen LogP contribution < -0.4 is 5.73 Å². The number of benzene rings is 1. The van der Waals surface area contributed by atoms with Gasteiger partial charge in [0.2, 0.25) is 0 Å². The smallest absolute Gasteiger partial charge is 0.122 e. The molecule has 0 aliphatic rings. The van der Waals surface area contributed by atoms with Crippen molar-refractivity contribution in [2.24, 2.45) is 7.05 Å². The van der Waals surface area contributed by atoms with Crippen molar-refractivity contribution in [2.45, 2.75) is 0 Å². The van der Waals surface area contributed by atoms with E-state index >= 15 is 0 Å². The van der Waals surface area contributed by atoms with E-state index in [2.05, 4.69) is 38.1 Å². The van der Waals surface area contributed by atoms with Crippen LogP contribution in [0.1, 0.15) is 0 Å². The third-order valence-electron chi connectivity index (χ3n) is 2.78. The average molecular weight is 291 g/mol. The molecule has 3 aromatic rings. The molecule has 2 heterocycles. The Morgan fingerprint density at radius 1 is 1.29 bits per heavy atom. The fourth-order valence-corrected chi connectivity index (χ4v) is 2.21. The normalized spacial score (nSPS) is 11.2. The highest BCUT2D eigenvalue weighted by Gasteiger charge is 2.08. The molecule has 1 aromatic carbocycles. The second kappa shape index (κ2) is 3.63. The van der Waals surface area contributed by atoms with Gasteiger partial charge in [0.1, 0.15) is 11.5 Å². The zero-order chi connectivity index (χ0) is 12.0. The third-order valence-corrected chi connectivity index (χ3v) is 3.27. The summed E-state index contributed by atoms with van der Waals surface area (Å²) in [7, 11) is 1.83. The molecule has 0 unspecified atom stereocenters. The number of fused-ring (bicyclic) bond motifs is 1. The number of aromatic nitrogens is 3. The Morgan fingerprint density at radius 2 is 2.12 bits per heavy atom. The highest BCUT2D eigenvalue weighted by Crippen LogP contribution is 2.26. The molecule has 17 heavy (non-hydrogen) atoms. The highest BCUT2D eigenvalue weighted by molar-refractivity contribution is 9.10. The first kappa shape index (κ1) is 10.4. The van der Waals surface area contributed by atoms with E-state index in [1.165, 1.54) is 0 Å². The predicted octanol–water partition coefficient (Wildman–Crippen LogP) is 2.91. The van der Waals surface area contributed by atoms with Crippen LogP contribution in [0, 0.1) is 0 Å². The van der Waals surface area contributed by atoms with Crippen molar-refractivity contribution in [1.82, 2.24) is 14.8 Å². The second-order valence-electron chi connectivity index (χ2n) is 3.99. The van der Waals surface area contributed by atoms with E-state index in [1.54, 1.807) is 4.68 Å². The Kier molecular flexibility index (Phi) is 2.22. The first-order chi connectivity index (χ1) is 8.13. The van der Waals surface area contributed by atoms with E-state index in [0.29, 0.717) is 5.82 Å². The molecule has 0 spiro atoms. The minimum atomic E-state index is 0.653. The Labute approximate surface area is 107 Å². The summed E-state index contributed by atoms with van der Waals surface area (Å²) in [6, 6.07) is 10.1. The lowest BCUT2D eigenvalue weighted by Gasteiger charge is -1.90. The summed E-state index contributed by atoms with van der Waals surface area (Å²) in [6.07, 6.45) is 0. The Morgan fingerprint density at radius 3 is 2.82 bits per heavy atom. The van der Waals surface area contributed by atoms with Crippen LogP contribution in [-0.2, 0) is 7.05 Å². The molecule has 0 amide bonds. The molecular formula is C12H11BrN4. The van der Waals surface area contributed by atoms with Gasteiger partial charge in [-0.1, -0.05) is 22.0 Å². The van der Waals surface area contributed by atoms with Crippen molar-refractivity contribution in [3.8, 4) is 11.4 Å². The summed E-state index contributed by atoms with van der Waals surface area (Å²) >= 11 is 3.45. The highest BCUT2D eigenvalue weighted by atomic mass is 79.9. The predicted molar refractivity (Wildman–Crippen MR) is 72.6 cm³/mol. The Balaban J connectivity index is 2.17. The van der Waals surface area contributed by atoms with Gasteiger partial charge in [0.05, 0.1) is 5.69 Å². The molecule has 0 aliphatic carbocycles. The molecule has 2 aromatic heterocycles. The molecule has 3 rings (SSSR count). The van der Waals surface area contributed by atoms with Crippen LogP contribution in [-0.4, -0.2) is 14.8 Å². The summed E-state index contributed by atoms with van der Waals surface area (Å²) in [6.45, 7) is 0. The number of nitrogens with two attached hydrogens (primary N) is 1. The van der Waals surface area contributed by atoms with Crippen molar-refractivity contribution >= 4 is 32.7 Å². The topological polar surface area (TPSA) is 59.6 Å². The number of anilines is 1. The molecule has 5 heteroatoms. The number of halogens is 1. The number of nitrogens with one attached hydrogen (secondary N) is 1. The van der Waals surface area contributed by atoms with Crippen LogP contribution in [0.4, 0.5) is 5.82 Å². The number of nitrogen functional groups attached to an aromatic ring is 1. The summed E-state index contributed by atoms with van der Waals surface area (Å²) in [5.74, 6) is 0.653. The lowest BCUT2D eigenvalue weighted by atomic mass is 10.2. The molecule has 3 N–H and O–H groups in total. The Bertz CT molecular complexity index is 676. The zero-order valence-electron chi connectivity index (χ0n) is 9.24. The van der Waals surface area contributed by atoms with Crippen LogP contribution >= 0.6 is 15.9 Å². The zero-order valence-corrected chi connectivity index (χ0v) is 10.8. The number of H-pyrrole nitrogens is 1. The van der Waals surface area contributed by atoms with E-state index < -0.39 is 0 Å². The lowest BCUT2D eigenvalue weighted by molar-refractivity contribution is 0.781. The second-order valence-corrected chi connectivity index (χ2v) is 4.91. The average Bonchev–Trinajstić information content (AvgIpc) is 2.83. The molecule has 0 bridgehead atoms. The van der Waals surface area contributed by atoms with Crippen molar-refractivity contribution in [3.05, 3.63) is 34.8 Å². The quantitative estimate of drug-likeness (QED) is 0.724. The monoisotopic (exact) mass is 290 g/mol. The van der Waals surface area contributed by atoms with E-state index in [9.17, 15) is 0 Å². The fraction of sp³-hybridized carbons (Fsp3) is 0.0833. The minimum absolute atomic E-state index is 0.653. The maximum Gasteiger partial charge on any atom is 0.122 e. The maximum atomic E-state index is 5.78. The number of aryl methyl sites for hydroxylation is 1. The molecule has 0 saturated carbocycles. The standard InChI is InChI=1S/C12H11BrN4/c1-17-12(14)6-11(16-17)10-4-7-2-3-8(13)5-9(7)15-10/h2-6,15H,14H2,1H3. The molecule has 0 aliphatic heterocycles. The molecule has 4 nitrogen and oxygen atoms in total. The first-order valence-electron chi connectivity index (χ1n) is 5.21. The van der Waals surface area contributed by atoms with Crippen molar-refractivity contribution in [3.63, 3.8) is 0 Å². The summed E-state index contributed by atoms with van der Waals surface area (Å²) in [4.78, 5) is 3.33.